The molecule has 1 N–H and O–H groups in total. The van der Waals surface area contributed by atoms with Crippen LogP contribution in [0.15, 0.2) is 48.5 Å². The van der Waals surface area contributed by atoms with Crippen molar-refractivity contribution in [3.05, 3.63) is 65.2 Å². The lowest BCUT2D eigenvalue weighted by Crippen LogP contribution is -2.29. The van der Waals surface area contributed by atoms with Crippen LogP contribution < -0.4 is 9.62 Å². The molecule has 140 valence electrons. The molecule has 0 aliphatic carbocycles. The summed E-state index contributed by atoms with van der Waals surface area (Å²) in [7, 11) is -3.30. The van der Waals surface area contributed by atoms with Crippen molar-refractivity contribution in [1.29, 1.82) is 0 Å². The number of nitrogens with one attached hydrogen (secondary N) is 1. The highest BCUT2D eigenvalue weighted by molar-refractivity contribution is 7.88. The van der Waals surface area contributed by atoms with Crippen LogP contribution >= 0.6 is 0 Å². The number of hydrogen-bond donors (Lipinski definition) is 1. The third-order valence-corrected chi connectivity index (χ3v) is 6.23. The average Bonchev–Trinajstić information content (AvgIpc) is 2.65. The van der Waals surface area contributed by atoms with Gasteiger partial charge in [-0.1, -0.05) is 42.0 Å². The number of anilines is 1. The van der Waals surface area contributed by atoms with Gasteiger partial charge < -0.3 is 4.90 Å². The lowest BCUT2D eigenvalue weighted by atomic mass is 10.1. The van der Waals surface area contributed by atoms with Crippen molar-refractivity contribution < 1.29 is 8.42 Å². The van der Waals surface area contributed by atoms with E-state index in [4.69, 9.17) is 0 Å². The molecule has 1 saturated heterocycles. The fourth-order valence-corrected chi connectivity index (χ4v) is 4.48. The van der Waals surface area contributed by atoms with Crippen LogP contribution in [-0.2, 0) is 22.2 Å². The molecule has 4 nitrogen and oxygen atoms in total. The minimum Gasteiger partial charge on any atom is -0.372 e. The molecule has 1 heterocycles. The molecule has 1 aliphatic heterocycles. The van der Waals surface area contributed by atoms with Gasteiger partial charge in [0.25, 0.3) is 0 Å². The van der Waals surface area contributed by atoms with Gasteiger partial charge >= 0.3 is 0 Å². The van der Waals surface area contributed by atoms with Crippen LogP contribution in [0, 0.1) is 6.92 Å². The van der Waals surface area contributed by atoms with E-state index in [-0.39, 0.29) is 5.75 Å². The van der Waals surface area contributed by atoms with Gasteiger partial charge in [-0.05, 0) is 55.9 Å². The molecule has 0 bridgehead atoms. The maximum absolute atomic E-state index is 12.2. The first-order valence-electron chi connectivity index (χ1n) is 9.39. The Hall–Kier alpha value is -1.85. The molecule has 2 aromatic carbocycles. The normalized spacial score (nSPS) is 15.2. The number of aryl methyl sites for hydroxylation is 1. The van der Waals surface area contributed by atoms with Crippen LogP contribution in [0.2, 0.25) is 0 Å². The van der Waals surface area contributed by atoms with Crippen molar-refractivity contribution in [2.75, 3.05) is 24.5 Å². The molecule has 0 unspecified atom stereocenters. The highest BCUT2D eigenvalue weighted by atomic mass is 32.2. The van der Waals surface area contributed by atoms with E-state index in [0.717, 1.165) is 29.8 Å². The van der Waals surface area contributed by atoms with Gasteiger partial charge in [0, 0.05) is 25.3 Å². The lowest BCUT2D eigenvalue weighted by Gasteiger charge is -2.28. The van der Waals surface area contributed by atoms with Gasteiger partial charge in [-0.15, -0.1) is 0 Å². The van der Waals surface area contributed by atoms with Gasteiger partial charge in [0.1, 0.15) is 0 Å². The molecule has 1 aliphatic rings. The minimum absolute atomic E-state index is 0.0289. The molecule has 0 radical (unpaired) electrons. The Morgan fingerprint density at radius 1 is 0.885 bits per heavy atom. The molecule has 0 amide bonds. The molecule has 0 spiro atoms. The molecule has 0 aromatic heterocycles. The fourth-order valence-electron chi connectivity index (χ4n) is 3.33. The maximum atomic E-state index is 12.2. The van der Waals surface area contributed by atoms with Gasteiger partial charge in [0.05, 0.1) is 5.75 Å². The van der Waals surface area contributed by atoms with E-state index >= 15 is 0 Å². The summed E-state index contributed by atoms with van der Waals surface area (Å²) in [6.45, 7) is 4.70. The smallest absolute Gasteiger partial charge is 0.215 e. The Labute approximate surface area is 157 Å². The molecule has 0 saturated carbocycles. The Morgan fingerprint density at radius 3 is 2.15 bits per heavy atom. The Morgan fingerprint density at radius 2 is 1.50 bits per heavy atom. The summed E-state index contributed by atoms with van der Waals surface area (Å²) in [4.78, 5) is 2.43. The van der Waals surface area contributed by atoms with Crippen molar-refractivity contribution in [2.45, 2.75) is 38.4 Å². The van der Waals surface area contributed by atoms with Gasteiger partial charge in [0.2, 0.25) is 10.0 Å². The van der Waals surface area contributed by atoms with Crippen LogP contribution in [0.3, 0.4) is 0 Å². The third kappa shape index (κ3) is 5.58. The van der Waals surface area contributed by atoms with Gasteiger partial charge in [-0.2, -0.15) is 0 Å². The third-order valence-electron chi connectivity index (χ3n) is 4.87. The highest BCUT2D eigenvalue weighted by Gasteiger charge is 2.12. The van der Waals surface area contributed by atoms with Crippen molar-refractivity contribution in [1.82, 2.24) is 4.72 Å². The quantitative estimate of drug-likeness (QED) is 0.807. The van der Waals surface area contributed by atoms with E-state index < -0.39 is 10.0 Å². The summed E-state index contributed by atoms with van der Waals surface area (Å²) in [6, 6.07) is 16.1. The predicted molar refractivity (Wildman–Crippen MR) is 108 cm³/mol. The van der Waals surface area contributed by atoms with Crippen LogP contribution in [0.4, 0.5) is 5.69 Å². The van der Waals surface area contributed by atoms with Crippen LogP contribution in [0.5, 0.6) is 0 Å². The SMILES string of the molecule is Cc1ccc(CS(=O)(=O)NCCc2ccc(N3CCCCC3)cc2)cc1. The zero-order valence-corrected chi connectivity index (χ0v) is 16.3. The van der Waals surface area contributed by atoms with Crippen molar-refractivity contribution in [2.24, 2.45) is 0 Å². The standard InChI is InChI=1S/C21H28N2O2S/c1-18-5-7-20(8-6-18)17-26(24,25)22-14-13-19-9-11-21(12-10-19)23-15-3-2-4-16-23/h5-12,22H,2-4,13-17H2,1H3. The number of rotatable bonds is 7. The van der Waals surface area contributed by atoms with Gasteiger partial charge in [-0.3, -0.25) is 0 Å². The molecular formula is C21H28N2O2S. The van der Waals surface area contributed by atoms with E-state index in [1.54, 1.807) is 0 Å². The van der Waals surface area contributed by atoms with E-state index in [9.17, 15) is 8.42 Å². The van der Waals surface area contributed by atoms with Gasteiger partial charge in [0.15, 0.2) is 0 Å². The van der Waals surface area contributed by atoms with Gasteiger partial charge in [-0.25, -0.2) is 13.1 Å². The Bertz CT molecular complexity index is 793. The molecule has 26 heavy (non-hydrogen) atoms. The number of benzene rings is 2. The van der Waals surface area contributed by atoms with E-state index in [1.165, 1.54) is 24.9 Å². The lowest BCUT2D eigenvalue weighted by molar-refractivity contribution is 0.577. The molecule has 1 fully saturated rings. The second kappa shape index (κ2) is 8.69. The summed E-state index contributed by atoms with van der Waals surface area (Å²) < 4.78 is 27.1. The van der Waals surface area contributed by atoms with E-state index in [2.05, 4.69) is 33.9 Å². The molecular weight excluding hydrogens is 344 g/mol. The van der Waals surface area contributed by atoms with Crippen LogP contribution in [-0.4, -0.2) is 28.1 Å². The average molecular weight is 373 g/mol. The summed E-state index contributed by atoms with van der Waals surface area (Å²) >= 11 is 0. The summed E-state index contributed by atoms with van der Waals surface area (Å²) in [6.07, 6.45) is 4.57. The first-order valence-corrected chi connectivity index (χ1v) is 11.0. The first kappa shape index (κ1) is 18.9. The largest absolute Gasteiger partial charge is 0.372 e. The molecule has 2 aromatic rings. The highest BCUT2D eigenvalue weighted by Crippen LogP contribution is 2.20. The van der Waals surface area contributed by atoms with Crippen LogP contribution in [0.1, 0.15) is 36.0 Å². The zero-order chi connectivity index (χ0) is 18.4. The van der Waals surface area contributed by atoms with Crippen molar-refractivity contribution in [3.8, 4) is 0 Å². The van der Waals surface area contributed by atoms with E-state index in [1.807, 2.05) is 31.2 Å². The summed E-state index contributed by atoms with van der Waals surface area (Å²) in [5.41, 5.74) is 4.37. The Balaban J connectivity index is 1.48. The second-order valence-corrected chi connectivity index (χ2v) is 8.91. The van der Waals surface area contributed by atoms with Crippen molar-refractivity contribution in [3.63, 3.8) is 0 Å². The molecule has 0 atom stereocenters. The second-order valence-electron chi connectivity index (χ2n) is 7.10. The minimum atomic E-state index is -3.30. The fraction of sp³-hybridized carbons (Fsp3) is 0.429. The number of nitrogens with zero attached hydrogens (tertiary/aromatic N) is 1. The number of hydrogen-bond acceptors (Lipinski definition) is 3. The maximum Gasteiger partial charge on any atom is 0.215 e. The zero-order valence-electron chi connectivity index (χ0n) is 15.4. The summed E-state index contributed by atoms with van der Waals surface area (Å²) in [5, 5.41) is 0. The van der Waals surface area contributed by atoms with Crippen LogP contribution in [0.25, 0.3) is 0 Å². The van der Waals surface area contributed by atoms with E-state index in [0.29, 0.717) is 13.0 Å². The topological polar surface area (TPSA) is 49.4 Å². The molecule has 3 rings (SSSR count). The number of piperidine rings is 1. The Kier molecular flexibility index (Phi) is 6.33. The number of sulfonamides is 1. The predicted octanol–water partition coefficient (Wildman–Crippen LogP) is 3.65. The summed E-state index contributed by atoms with van der Waals surface area (Å²) in [5.74, 6) is 0.0289. The monoisotopic (exact) mass is 372 g/mol. The first-order chi connectivity index (χ1) is 12.5. The molecule has 5 heteroatoms. The van der Waals surface area contributed by atoms with Crippen molar-refractivity contribution >= 4 is 15.7 Å².